The lowest BCUT2D eigenvalue weighted by atomic mass is 10.3. The molecule has 1 aromatic heterocycles. The van der Waals surface area contributed by atoms with Gasteiger partial charge >= 0.3 is 5.97 Å². The van der Waals surface area contributed by atoms with Crippen molar-refractivity contribution in [2.24, 2.45) is 0 Å². The number of hydrogen-bond acceptors (Lipinski definition) is 4. The average molecular weight is 428 g/mol. The lowest BCUT2D eigenvalue weighted by molar-refractivity contribution is 0.0538. The predicted octanol–water partition coefficient (Wildman–Crippen LogP) is 4.51. The highest BCUT2D eigenvalue weighted by molar-refractivity contribution is 7.95. The van der Waals surface area contributed by atoms with E-state index < -0.39 is 13.2 Å². The van der Waals surface area contributed by atoms with E-state index in [1.165, 1.54) is 22.0 Å². The molecule has 0 unspecified atom stereocenters. The van der Waals surface area contributed by atoms with Crippen LogP contribution in [0.2, 0.25) is 0 Å². The standard InChI is InChI=1S/C26H23NO3P/c1-2-18-29-26(28)25-19-21(30-27-25)20-31(22-12-6-3-7-13-22,23-14-8-4-9-15-23)24-16-10-5-11-17-24/h2-17,19H,1,18,20H2/q+1. The van der Waals surface area contributed by atoms with Crippen LogP contribution >= 0.6 is 7.26 Å². The number of rotatable bonds is 8. The molecule has 0 saturated carbocycles. The third kappa shape index (κ3) is 4.35. The minimum atomic E-state index is -2.12. The largest absolute Gasteiger partial charge is 0.457 e. The molecule has 0 bridgehead atoms. The van der Waals surface area contributed by atoms with Crippen molar-refractivity contribution in [3.8, 4) is 0 Å². The van der Waals surface area contributed by atoms with Crippen molar-refractivity contribution in [1.82, 2.24) is 5.16 Å². The van der Waals surface area contributed by atoms with Crippen LogP contribution in [0.4, 0.5) is 0 Å². The van der Waals surface area contributed by atoms with Crippen LogP contribution in [0.15, 0.2) is 114 Å². The van der Waals surface area contributed by atoms with E-state index in [0.717, 1.165) is 0 Å². The molecule has 4 nitrogen and oxygen atoms in total. The number of benzene rings is 3. The van der Waals surface area contributed by atoms with Crippen LogP contribution in [-0.2, 0) is 10.9 Å². The highest BCUT2D eigenvalue weighted by atomic mass is 31.2. The predicted molar refractivity (Wildman–Crippen MR) is 126 cm³/mol. The second-order valence-electron chi connectivity index (χ2n) is 7.04. The normalized spacial score (nSPS) is 11.1. The van der Waals surface area contributed by atoms with Crippen molar-refractivity contribution in [3.05, 3.63) is 121 Å². The van der Waals surface area contributed by atoms with Gasteiger partial charge in [-0.05, 0) is 36.4 Å². The Morgan fingerprint density at radius 3 is 1.81 bits per heavy atom. The number of carbonyl (C=O) groups excluding carboxylic acids is 1. The molecule has 31 heavy (non-hydrogen) atoms. The molecule has 1 heterocycles. The van der Waals surface area contributed by atoms with E-state index in [1.54, 1.807) is 6.07 Å². The molecule has 4 rings (SSSR count). The number of esters is 1. The van der Waals surface area contributed by atoms with E-state index in [-0.39, 0.29) is 12.3 Å². The van der Waals surface area contributed by atoms with Gasteiger partial charge < -0.3 is 9.26 Å². The second kappa shape index (κ2) is 9.55. The van der Waals surface area contributed by atoms with Crippen molar-refractivity contribution in [2.45, 2.75) is 6.16 Å². The number of aromatic nitrogens is 1. The van der Waals surface area contributed by atoms with Crippen LogP contribution in [-0.4, -0.2) is 17.7 Å². The molecule has 0 fully saturated rings. The molecule has 4 aromatic rings. The zero-order valence-corrected chi connectivity index (χ0v) is 17.9. The summed E-state index contributed by atoms with van der Waals surface area (Å²) in [7, 11) is -2.12. The molecule has 0 amide bonds. The van der Waals surface area contributed by atoms with Gasteiger partial charge in [-0.15, -0.1) is 0 Å². The molecule has 0 aliphatic heterocycles. The van der Waals surface area contributed by atoms with Crippen LogP contribution in [0.1, 0.15) is 16.2 Å². The van der Waals surface area contributed by atoms with Gasteiger partial charge in [-0.25, -0.2) is 4.79 Å². The van der Waals surface area contributed by atoms with Gasteiger partial charge in [-0.3, -0.25) is 0 Å². The quantitative estimate of drug-likeness (QED) is 0.235. The highest BCUT2D eigenvalue weighted by Gasteiger charge is 2.46. The molecule has 0 spiro atoms. The summed E-state index contributed by atoms with van der Waals surface area (Å²) in [6.07, 6.45) is 2.13. The Morgan fingerprint density at radius 2 is 1.35 bits per heavy atom. The molecule has 3 aromatic carbocycles. The summed E-state index contributed by atoms with van der Waals surface area (Å²) in [6, 6.07) is 33.2. The lowest BCUT2D eigenvalue weighted by Gasteiger charge is -2.26. The number of carbonyl (C=O) groups is 1. The highest BCUT2D eigenvalue weighted by Crippen LogP contribution is 2.58. The molecule has 0 saturated heterocycles. The fourth-order valence-electron chi connectivity index (χ4n) is 3.69. The molecule has 5 heteroatoms. The maximum atomic E-state index is 12.2. The summed E-state index contributed by atoms with van der Waals surface area (Å²) in [5, 5.41) is 7.68. The van der Waals surface area contributed by atoms with Gasteiger partial charge in [0.25, 0.3) is 0 Å². The van der Waals surface area contributed by atoms with Crippen molar-refractivity contribution < 1.29 is 14.1 Å². The molecule has 0 N–H and O–H groups in total. The second-order valence-corrected chi connectivity index (χ2v) is 10.5. The zero-order valence-electron chi connectivity index (χ0n) is 17.1. The van der Waals surface area contributed by atoms with Gasteiger partial charge in [0.2, 0.25) is 0 Å². The fraction of sp³-hybridized carbons (Fsp3) is 0.0769. The zero-order chi connectivity index (χ0) is 21.5. The van der Waals surface area contributed by atoms with Gasteiger partial charge in [0.15, 0.2) is 11.5 Å². The summed E-state index contributed by atoms with van der Waals surface area (Å²) in [5.74, 6) is 0.133. The Morgan fingerprint density at radius 1 is 0.871 bits per heavy atom. The monoisotopic (exact) mass is 428 g/mol. The smallest absolute Gasteiger partial charge is 0.360 e. The molecular formula is C26H23NO3P+. The summed E-state index contributed by atoms with van der Waals surface area (Å²) in [4.78, 5) is 12.2. The third-order valence-corrected chi connectivity index (χ3v) is 9.41. The first-order valence-corrected chi connectivity index (χ1v) is 12.0. The van der Waals surface area contributed by atoms with E-state index in [0.29, 0.717) is 11.9 Å². The first kappa shape index (κ1) is 20.8. The molecule has 0 aliphatic rings. The van der Waals surface area contributed by atoms with E-state index in [2.05, 4.69) is 84.5 Å². The van der Waals surface area contributed by atoms with E-state index in [4.69, 9.17) is 9.26 Å². The topological polar surface area (TPSA) is 52.3 Å². The van der Waals surface area contributed by atoms with Crippen LogP contribution < -0.4 is 15.9 Å². The van der Waals surface area contributed by atoms with E-state index in [1.807, 2.05) is 18.2 Å². The van der Waals surface area contributed by atoms with Crippen molar-refractivity contribution in [2.75, 3.05) is 6.61 Å². The SMILES string of the molecule is C=CCOC(=O)c1cc(C[P+](c2ccccc2)(c2ccccc2)c2ccccc2)on1. The van der Waals surface area contributed by atoms with Crippen molar-refractivity contribution >= 4 is 29.1 Å². The van der Waals surface area contributed by atoms with Crippen LogP contribution in [0.25, 0.3) is 0 Å². The van der Waals surface area contributed by atoms with Crippen molar-refractivity contribution in [1.29, 1.82) is 0 Å². The Bertz CT molecular complexity index is 1040. The minimum Gasteiger partial charge on any atom is -0.457 e. The van der Waals surface area contributed by atoms with Crippen LogP contribution in [0.5, 0.6) is 0 Å². The van der Waals surface area contributed by atoms with Gasteiger partial charge in [0.1, 0.15) is 35.9 Å². The molecule has 0 atom stereocenters. The number of nitrogens with zero attached hydrogens (tertiary/aromatic N) is 1. The van der Waals surface area contributed by atoms with E-state index in [9.17, 15) is 4.79 Å². The van der Waals surface area contributed by atoms with Gasteiger partial charge in [0, 0.05) is 6.07 Å². The van der Waals surface area contributed by atoms with E-state index >= 15 is 0 Å². The van der Waals surface area contributed by atoms with Crippen molar-refractivity contribution in [3.63, 3.8) is 0 Å². The maximum absolute atomic E-state index is 12.2. The molecular weight excluding hydrogens is 405 g/mol. The van der Waals surface area contributed by atoms with Crippen LogP contribution in [0, 0.1) is 0 Å². The summed E-state index contributed by atoms with van der Waals surface area (Å²) >= 11 is 0. The Labute approximate surface area is 182 Å². The third-order valence-electron chi connectivity index (χ3n) is 5.08. The minimum absolute atomic E-state index is 0.135. The average Bonchev–Trinajstić information content (AvgIpc) is 3.31. The van der Waals surface area contributed by atoms with Crippen LogP contribution in [0.3, 0.4) is 0 Å². The molecule has 0 aliphatic carbocycles. The number of ether oxygens (including phenoxy) is 1. The summed E-state index contributed by atoms with van der Waals surface area (Å²) < 4.78 is 10.7. The number of hydrogen-bond donors (Lipinski definition) is 0. The Hall–Kier alpha value is -3.49. The van der Waals surface area contributed by atoms with Gasteiger partial charge in [-0.1, -0.05) is 72.4 Å². The van der Waals surface area contributed by atoms with Gasteiger partial charge in [-0.2, -0.15) is 0 Å². The fourth-order valence-corrected chi connectivity index (χ4v) is 7.80. The lowest BCUT2D eigenvalue weighted by Crippen LogP contribution is -2.32. The summed E-state index contributed by atoms with van der Waals surface area (Å²) in [5.41, 5.74) is 0.170. The Balaban J connectivity index is 1.84. The Kier molecular flexibility index (Phi) is 6.40. The van der Waals surface area contributed by atoms with Gasteiger partial charge in [0.05, 0.1) is 0 Å². The summed E-state index contributed by atoms with van der Waals surface area (Å²) in [6.45, 7) is 3.70. The first-order valence-electron chi connectivity index (χ1n) is 10.0. The first-order chi connectivity index (χ1) is 15.2. The molecule has 0 radical (unpaired) electrons. The molecule has 154 valence electrons. The maximum Gasteiger partial charge on any atom is 0.360 e.